The molecule has 226 valence electrons. The fourth-order valence-corrected chi connectivity index (χ4v) is 5.39. The number of likely N-dealkylation sites (N-methyl/N-ethyl adjacent to an activating group) is 1. The molecule has 0 N–H and O–H groups in total. The average molecular weight is 528 g/mol. The van der Waals surface area contributed by atoms with Crippen LogP contribution in [-0.4, -0.2) is 124 Å². The van der Waals surface area contributed by atoms with Crippen LogP contribution in [-0.2, 0) is 0 Å². The lowest BCUT2D eigenvalue weighted by Crippen LogP contribution is -2.47. The van der Waals surface area contributed by atoms with Crippen LogP contribution in [0.2, 0.25) is 0 Å². The third-order valence-electron chi connectivity index (χ3n) is 7.75. The summed E-state index contributed by atoms with van der Waals surface area (Å²) in [6.07, 6.45) is 9.99. The maximum absolute atomic E-state index is 2.69. The highest BCUT2D eigenvalue weighted by Gasteiger charge is 2.22. The Morgan fingerprint density at radius 3 is 1.03 bits per heavy atom. The zero-order valence-electron chi connectivity index (χ0n) is 27.8. The van der Waals surface area contributed by atoms with E-state index in [9.17, 15) is 0 Å². The summed E-state index contributed by atoms with van der Waals surface area (Å²) in [6, 6.07) is 0. The number of nitrogens with zero attached hydrogens (tertiary/aromatic N) is 5. The first-order valence-electron chi connectivity index (χ1n) is 16.6. The van der Waals surface area contributed by atoms with Crippen LogP contribution in [0.25, 0.3) is 0 Å². The lowest BCUT2D eigenvalue weighted by molar-refractivity contribution is 0.112. The van der Waals surface area contributed by atoms with Crippen LogP contribution in [0.4, 0.5) is 0 Å². The van der Waals surface area contributed by atoms with Gasteiger partial charge < -0.3 is 24.5 Å². The maximum Gasteiger partial charge on any atom is 0.0110 e. The Morgan fingerprint density at radius 1 is 0.378 bits per heavy atom. The molecule has 0 saturated carbocycles. The van der Waals surface area contributed by atoms with Gasteiger partial charge in [-0.3, -0.25) is 0 Å². The predicted octanol–water partition coefficient (Wildman–Crippen LogP) is 6.49. The molecule has 0 amide bonds. The molecule has 0 aliphatic carbocycles. The molecule has 4 aliphatic heterocycles. The van der Waals surface area contributed by atoms with Crippen LogP contribution < -0.4 is 0 Å². The molecule has 0 radical (unpaired) electrons. The van der Waals surface area contributed by atoms with Crippen LogP contribution >= 0.6 is 0 Å². The van der Waals surface area contributed by atoms with Gasteiger partial charge in [-0.05, 0) is 111 Å². The van der Waals surface area contributed by atoms with E-state index in [1.165, 1.54) is 123 Å². The molecule has 5 heteroatoms. The average Bonchev–Trinajstić information content (AvgIpc) is 2.98. The molecule has 0 unspecified atom stereocenters. The molecule has 4 heterocycles. The van der Waals surface area contributed by atoms with Crippen molar-refractivity contribution in [1.82, 2.24) is 24.5 Å². The smallest absolute Gasteiger partial charge is 0.0110 e. The zero-order valence-corrected chi connectivity index (χ0v) is 27.8. The van der Waals surface area contributed by atoms with E-state index in [2.05, 4.69) is 45.6 Å². The Morgan fingerprint density at radius 2 is 0.676 bits per heavy atom. The first-order valence-corrected chi connectivity index (χ1v) is 16.6. The molecular formula is C32H73N5. The second kappa shape index (κ2) is 27.4. The molecule has 0 aromatic heterocycles. The molecule has 0 aromatic carbocycles. The van der Waals surface area contributed by atoms with Gasteiger partial charge in [0.15, 0.2) is 0 Å². The third-order valence-corrected chi connectivity index (χ3v) is 7.75. The zero-order chi connectivity index (χ0) is 28.5. The van der Waals surface area contributed by atoms with Gasteiger partial charge in [-0.1, -0.05) is 61.8 Å². The Labute approximate surface area is 236 Å². The first kappa shape index (κ1) is 38.9. The fraction of sp³-hybridized carbons (Fsp3) is 1.00. The van der Waals surface area contributed by atoms with Crippen LogP contribution in [0.3, 0.4) is 0 Å². The van der Waals surface area contributed by atoms with Gasteiger partial charge in [0.05, 0.1) is 0 Å². The van der Waals surface area contributed by atoms with E-state index >= 15 is 0 Å². The molecule has 0 spiro atoms. The molecule has 0 bridgehead atoms. The molecule has 5 nitrogen and oxygen atoms in total. The summed E-state index contributed by atoms with van der Waals surface area (Å²) < 4.78 is 0. The van der Waals surface area contributed by atoms with Crippen LogP contribution in [0, 0.1) is 11.8 Å². The Hall–Kier alpha value is -0.200. The quantitative estimate of drug-likeness (QED) is 0.414. The summed E-state index contributed by atoms with van der Waals surface area (Å²) in [5.41, 5.74) is 0. The van der Waals surface area contributed by atoms with E-state index in [0.717, 1.165) is 11.8 Å². The summed E-state index contributed by atoms with van der Waals surface area (Å²) in [7, 11) is 6.72. The van der Waals surface area contributed by atoms with Gasteiger partial charge in [0.25, 0.3) is 0 Å². The Balaban J connectivity index is 0. The van der Waals surface area contributed by atoms with Crippen molar-refractivity contribution in [3.05, 3.63) is 0 Å². The van der Waals surface area contributed by atoms with Crippen LogP contribution in [0.15, 0.2) is 0 Å². The monoisotopic (exact) mass is 528 g/mol. The van der Waals surface area contributed by atoms with E-state index in [-0.39, 0.29) is 0 Å². The standard InChI is InChI=1S/C12H25N3.C12H24N2.4C2H6/c1-13-5-3-12(4-6-13)11-15-9-7-14(2)8-10-15;1-13-9-5-12(6-10-13)11-14-7-3-2-4-8-14;4*1-2/h12H,3-11H2,1-2H3;12H,2-11H2,1H3;4*1-2H3. The van der Waals surface area contributed by atoms with E-state index in [1.807, 2.05) is 55.4 Å². The molecule has 4 rings (SSSR count). The SMILES string of the molecule is CC.CC.CC.CC.CN1CCC(CN2CCCCC2)CC1.CN1CCC(CN2CCN(C)CC2)CC1. The van der Waals surface area contributed by atoms with Crippen molar-refractivity contribution in [1.29, 1.82) is 0 Å². The largest absolute Gasteiger partial charge is 0.306 e. The molecule has 37 heavy (non-hydrogen) atoms. The van der Waals surface area contributed by atoms with Crippen molar-refractivity contribution in [2.75, 3.05) is 99.7 Å². The third kappa shape index (κ3) is 19.5. The van der Waals surface area contributed by atoms with Gasteiger partial charge in [0.2, 0.25) is 0 Å². The van der Waals surface area contributed by atoms with Gasteiger partial charge in [0, 0.05) is 39.3 Å². The van der Waals surface area contributed by atoms with Gasteiger partial charge in [-0.25, -0.2) is 0 Å². The van der Waals surface area contributed by atoms with E-state index < -0.39 is 0 Å². The lowest BCUT2D eigenvalue weighted by Gasteiger charge is -2.37. The van der Waals surface area contributed by atoms with Crippen molar-refractivity contribution in [3.63, 3.8) is 0 Å². The highest BCUT2D eigenvalue weighted by atomic mass is 15.2. The summed E-state index contributed by atoms with van der Waals surface area (Å²) >= 11 is 0. The molecule has 4 saturated heterocycles. The molecular weight excluding hydrogens is 454 g/mol. The van der Waals surface area contributed by atoms with Crippen molar-refractivity contribution >= 4 is 0 Å². The summed E-state index contributed by atoms with van der Waals surface area (Å²) in [5, 5.41) is 0. The number of hydrogen-bond acceptors (Lipinski definition) is 5. The first-order chi connectivity index (χ1) is 18.1. The lowest BCUT2D eigenvalue weighted by atomic mass is 9.96. The highest BCUT2D eigenvalue weighted by molar-refractivity contribution is 4.77. The normalized spacial score (nSPS) is 22.8. The number of hydrogen-bond donors (Lipinski definition) is 0. The number of piperidine rings is 3. The molecule has 0 aromatic rings. The second-order valence-corrected chi connectivity index (χ2v) is 10.5. The number of piperazine rings is 1. The van der Waals surface area contributed by atoms with Crippen molar-refractivity contribution < 1.29 is 0 Å². The highest BCUT2D eigenvalue weighted by Crippen LogP contribution is 2.20. The van der Waals surface area contributed by atoms with E-state index in [1.54, 1.807) is 0 Å². The topological polar surface area (TPSA) is 16.2 Å². The van der Waals surface area contributed by atoms with Gasteiger partial charge in [-0.15, -0.1) is 0 Å². The summed E-state index contributed by atoms with van der Waals surface area (Å²) in [4.78, 5) is 12.7. The number of likely N-dealkylation sites (tertiary alicyclic amines) is 3. The molecule has 4 aliphatic rings. The minimum absolute atomic E-state index is 0.963. The second-order valence-electron chi connectivity index (χ2n) is 10.5. The van der Waals surface area contributed by atoms with Crippen molar-refractivity contribution in [2.45, 2.75) is 100 Å². The van der Waals surface area contributed by atoms with Gasteiger partial charge in [-0.2, -0.15) is 0 Å². The minimum Gasteiger partial charge on any atom is -0.306 e. The molecule has 4 fully saturated rings. The predicted molar refractivity (Wildman–Crippen MR) is 170 cm³/mol. The van der Waals surface area contributed by atoms with Crippen LogP contribution in [0.1, 0.15) is 100 Å². The summed E-state index contributed by atoms with van der Waals surface area (Å²) in [6.45, 7) is 31.8. The Kier molecular flexibility index (Phi) is 28.8. The van der Waals surface area contributed by atoms with Crippen molar-refractivity contribution in [2.24, 2.45) is 11.8 Å². The number of rotatable bonds is 4. The fourth-order valence-electron chi connectivity index (χ4n) is 5.39. The van der Waals surface area contributed by atoms with Gasteiger partial charge in [0.1, 0.15) is 0 Å². The van der Waals surface area contributed by atoms with Gasteiger partial charge >= 0.3 is 0 Å². The summed E-state index contributed by atoms with van der Waals surface area (Å²) in [5.74, 6) is 1.95. The van der Waals surface area contributed by atoms with Crippen LogP contribution in [0.5, 0.6) is 0 Å². The van der Waals surface area contributed by atoms with E-state index in [0.29, 0.717) is 0 Å². The maximum atomic E-state index is 2.69. The van der Waals surface area contributed by atoms with Crippen molar-refractivity contribution in [3.8, 4) is 0 Å². The van der Waals surface area contributed by atoms with E-state index in [4.69, 9.17) is 0 Å². The Bertz CT molecular complexity index is 397. The minimum atomic E-state index is 0.963. The molecule has 0 atom stereocenters.